The van der Waals surface area contributed by atoms with Crippen LogP contribution in [-0.4, -0.2) is 10.2 Å². The number of ether oxygens (including phenoxy) is 1. The number of hydrogen-bond acceptors (Lipinski definition) is 3. The molecule has 19 heavy (non-hydrogen) atoms. The Kier molecular flexibility index (Phi) is 4.58. The minimum Gasteiger partial charge on any atom is -0.456 e. The van der Waals surface area contributed by atoms with Gasteiger partial charge < -0.3 is 14.9 Å². The summed E-state index contributed by atoms with van der Waals surface area (Å²) in [4.78, 5) is 0. The number of halogens is 1. The van der Waals surface area contributed by atoms with E-state index in [2.05, 4.69) is 15.9 Å². The van der Waals surface area contributed by atoms with Crippen LogP contribution in [0.1, 0.15) is 24.2 Å². The number of hydrogen-bond donors (Lipinski definition) is 2. The summed E-state index contributed by atoms with van der Waals surface area (Å²) in [5.74, 6) is 1.33. The molecule has 0 amide bonds. The van der Waals surface area contributed by atoms with Crippen molar-refractivity contribution in [3.8, 4) is 11.5 Å². The average molecular weight is 323 g/mol. The Labute approximate surface area is 120 Å². The molecular weight excluding hydrogens is 308 g/mol. The Morgan fingerprint density at radius 1 is 1.21 bits per heavy atom. The molecule has 0 aliphatic heterocycles. The van der Waals surface area contributed by atoms with Crippen LogP contribution in [0.3, 0.4) is 0 Å². The molecule has 4 heteroatoms. The third-order valence-electron chi connectivity index (χ3n) is 2.75. The lowest BCUT2D eigenvalue weighted by Gasteiger charge is -2.11. The highest BCUT2D eigenvalue weighted by atomic mass is 79.9. The Bertz CT molecular complexity index is 567. The predicted molar refractivity (Wildman–Crippen MR) is 77.2 cm³/mol. The van der Waals surface area contributed by atoms with Gasteiger partial charge in [0, 0.05) is 0 Å². The van der Waals surface area contributed by atoms with Gasteiger partial charge in [0.1, 0.15) is 11.5 Å². The van der Waals surface area contributed by atoms with Crippen molar-refractivity contribution in [2.24, 2.45) is 0 Å². The lowest BCUT2D eigenvalue weighted by Crippen LogP contribution is -1.93. The molecule has 0 aliphatic rings. The summed E-state index contributed by atoms with van der Waals surface area (Å²) in [6, 6.07) is 12.7. The SMILES string of the molecule is C[C@H](O)c1ccc(Oc2cccc(CO)c2)c(Br)c1. The molecule has 0 aliphatic carbocycles. The maximum Gasteiger partial charge on any atom is 0.141 e. The van der Waals surface area contributed by atoms with Crippen LogP contribution in [0.15, 0.2) is 46.9 Å². The zero-order chi connectivity index (χ0) is 13.8. The van der Waals surface area contributed by atoms with Gasteiger partial charge in [-0.15, -0.1) is 0 Å². The second-order valence-corrected chi connectivity index (χ2v) is 5.13. The zero-order valence-corrected chi connectivity index (χ0v) is 12.1. The van der Waals surface area contributed by atoms with E-state index >= 15 is 0 Å². The van der Waals surface area contributed by atoms with Crippen LogP contribution in [0, 0.1) is 0 Å². The molecule has 0 saturated heterocycles. The van der Waals surface area contributed by atoms with Gasteiger partial charge in [0.05, 0.1) is 17.2 Å². The topological polar surface area (TPSA) is 49.7 Å². The molecule has 2 aromatic carbocycles. The predicted octanol–water partition coefficient (Wildman–Crippen LogP) is 3.79. The van der Waals surface area contributed by atoms with E-state index in [9.17, 15) is 5.11 Å². The first-order valence-electron chi connectivity index (χ1n) is 5.95. The third-order valence-corrected chi connectivity index (χ3v) is 3.37. The maximum atomic E-state index is 9.51. The summed E-state index contributed by atoms with van der Waals surface area (Å²) in [5.41, 5.74) is 1.62. The summed E-state index contributed by atoms with van der Waals surface area (Å²) in [5, 5.41) is 18.6. The van der Waals surface area contributed by atoms with Gasteiger partial charge >= 0.3 is 0 Å². The van der Waals surface area contributed by atoms with E-state index in [4.69, 9.17) is 9.84 Å². The van der Waals surface area contributed by atoms with E-state index in [0.29, 0.717) is 11.5 Å². The number of rotatable bonds is 4. The van der Waals surface area contributed by atoms with Crippen molar-refractivity contribution in [2.45, 2.75) is 19.6 Å². The third kappa shape index (κ3) is 3.56. The van der Waals surface area contributed by atoms with Gasteiger partial charge in [0.15, 0.2) is 0 Å². The molecule has 0 aromatic heterocycles. The summed E-state index contributed by atoms with van der Waals surface area (Å²) in [6.45, 7) is 1.70. The van der Waals surface area contributed by atoms with E-state index in [1.165, 1.54) is 0 Å². The molecule has 0 radical (unpaired) electrons. The van der Waals surface area contributed by atoms with Crippen molar-refractivity contribution < 1.29 is 14.9 Å². The first-order chi connectivity index (χ1) is 9.10. The maximum absolute atomic E-state index is 9.51. The zero-order valence-electron chi connectivity index (χ0n) is 10.5. The van der Waals surface area contributed by atoms with Gasteiger partial charge in [-0.3, -0.25) is 0 Å². The minimum atomic E-state index is -0.511. The van der Waals surface area contributed by atoms with Gasteiger partial charge in [-0.05, 0) is 58.2 Å². The summed E-state index contributed by atoms with van der Waals surface area (Å²) in [7, 11) is 0. The quantitative estimate of drug-likeness (QED) is 0.900. The fourth-order valence-corrected chi connectivity index (χ4v) is 2.17. The van der Waals surface area contributed by atoms with Gasteiger partial charge in [-0.25, -0.2) is 0 Å². The second-order valence-electron chi connectivity index (χ2n) is 4.27. The monoisotopic (exact) mass is 322 g/mol. The smallest absolute Gasteiger partial charge is 0.141 e. The van der Waals surface area contributed by atoms with Gasteiger partial charge in [0.25, 0.3) is 0 Å². The standard InChI is InChI=1S/C15H15BrO3/c1-10(18)12-5-6-15(14(16)8-12)19-13-4-2-3-11(7-13)9-17/h2-8,10,17-18H,9H2,1H3/t10-/m0/s1. The van der Waals surface area contributed by atoms with Crippen molar-refractivity contribution in [3.63, 3.8) is 0 Å². The van der Waals surface area contributed by atoms with Gasteiger partial charge in [-0.2, -0.15) is 0 Å². The molecule has 0 fully saturated rings. The van der Waals surface area contributed by atoms with Crippen LogP contribution >= 0.6 is 15.9 Å². The first kappa shape index (κ1) is 14.1. The molecule has 100 valence electrons. The lowest BCUT2D eigenvalue weighted by atomic mass is 10.1. The Balaban J connectivity index is 2.23. The molecule has 1 atom stereocenters. The normalized spacial score (nSPS) is 12.2. The lowest BCUT2D eigenvalue weighted by molar-refractivity contribution is 0.199. The Hall–Kier alpha value is -1.36. The highest BCUT2D eigenvalue weighted by molar-refractivity contribution is 9.10. The van der Waals surface area contributed by atoms with Crippen LogP contribution < -0.4 is 4.74 Å². The van der Waals surface area contributed by atoms with E-state index in [0.717, 1.165) is 15.6 Å². The molecule has 2 rings (SSSR count). The van der Waals surface area contributed by atoms with Crippen molar-refractivity contribution >= 4 is 15.9 Å². The van der Waals surface area contributed by atoms with E-state index in [1.807, 2.05) is 30.3 Å². The summed E-state index contributed by atoms with van der Waals surface area (Å²) >= 11 is 3.42. The van der Waals surface area contributed by atoms with Crippen LogP contribution in [-0.2, 0) is 6.61 Å². The van der Waals surface area contributed by atoms with Crippen LogP contribution in [0.25, 0.3) is 0 Å². The van der Waals surface area contributed by atoms with Crippen LogP contribution in [0.4, 0.5) is 0 Å². The second kappa shape index (κ2) is 6.19. The molecule has 0 bridgehead atoms. The van der Waals surface area contributed by atoms with E-state index in [-0.39, 0.29) is 6.61 Å². The van der Waals surface area contributed by atoms with Crippen LogP contribution in [0.5, 0.6) is 11.5 Å². The largest absolute Gasteiger partial charge is 0.456 e. The summed E-state index contributed by atoms with van der Waals surface area (Å²) in [6.07, 6.45) is -0.511. The van der Waals surface area contributed by atoms with Crippen molar-refractivity contribution in [3.05, 3.63) is 58.1 Å². The molecule has 2 aromatic rings. The summed E-state index contributed by atoms with van der Waals surface area (Å²) < 4.78 is 6.52. The van der Waals surface area contributed by atoms with Crippen molar-refractivity contribution in [2.75, 3.05) is 0 Å². The highest BCUT2D eigenvalue weighted by Crippen LogP contribution is 2.32. The van der Waals surface area contributed by atoms with E-state index < -0.39 is 6.10 Å². The molecule has 2 N–H and O–H groups in total. The van der Waals surface area contributed by atoms with E-state index in [1.54, 1.807) is 19.1 Å². The fraction of sp³-hybridized carbons (Fsp3) is 0.200. The Morgan fingerprint density at radius 2 is 2.00 bits per heavy atom. The fourth-order valence-electron chi connectivity index (χ4n) is 1.69. The van der Waals surface area contributed by atoms with Gasteiger partial charge in [-0.1, -0.05) is 18.2 Å². The molecular formula is C15H15BrO3. The molecule has 0 saturated carbocycles. The average Bonchev–Trinajstić information content (AvgIpc) is 2.41. The number of aliphatic hydroxyl groups is 2. The number of benzene rings is 2. The van der Waals surface area contributed by atoms with Gasteiger partial charge in [0.2, 0.25) is 0 Å². The van der Waals surface area contributed by atoms with Crippen molar-refractivity contribution in [1.29, 1.82) is 0 Å². The molecule has 0 unspecified atom stereocenters. The highest BCUT2D eigenvalue weighted by Gasteiger charge is 2.07. The molecule has 0 heterocycles. The molecule has 0 spiro atoms. The van der Waals surface area contributed by atoms with Crippen LogP contribution in [0.2, 0.25) is 0 Å². The minimum absolute atomic E-state index is 0.0145. The van der Waals surface area contributed by atoms with Crippen molar-refractivity contribution in [1.82, 2.24) is 0 Å². The molecule has 3 nitrogen and oxygen atoms in total. The first-order valence-corrected chi connectivity index (χ1v) is 6.74. The Morgan fingerprint density at radius 3 is 2.63 bits per heavy atom. The number of aliphatic hydroxyl groups excluding tert-OH is 2.